The van der Waals surface area contributed by atoms with E-state index in [1.807, 2.05) is 18.2 Å². The quantitative estimate of drug-likeness (QED) is 0.673. The third kappa shape index (κ3) is 1.83. The molecule has 0 aliphatic rings. The number of hydrogen-bond donors (Lipinski definition) is 2. The van der Waals surface area contributed by atoms with E-state index in [2.05, 4.69) is 20.2 Å². The van der Waals surface area contributed by atoms with Crippen molar-refractivity contribution in [2.24, 2.45) is 0 Å². The molecule has 3 rings (SSSR count). The van der Waals surface area contributed by atoms with Crippen molar-refractivity contribution in [3.05, 3.63) is 36.9 Å². The summed E-state index contributed by atoms with van der Waals surface area (Å²) >= 11 is 1.52. The van der Waals surface area contributed by atoms with Crippen LogP contribution >= 0.6 is 11.8 Å². The maximum absolute atomic E-state index is 5.91. The lowest BCUT2D eigenvalue weighted by atomic mass is 10.1. The Morgan fingerprint density at radius 1 is 1.18 bits per heavy atom. The highest BCUT2D eigenvalue weighted by Crippen LogP contribution is 2.33. The number of rotatable bonds is 2. The van der Waals surface area contributed by atoms with Crippen LogP contribution in [0.1, 0.15) is 0 Å². The number of fused-ring (bicyclic) bond motifs is 1. The molecule has 17 heavy (non-hydrogen) atoms. The van der Waals surface area contributed by atoms with Gasteiger partial charge in [-0.25, -0.2) is 4.98 Å². The summed E-state index contributed by atoms with van der Waals surface area (Å²) in [4.78, 5) is 9.25. The standard InChI is InChI=1S/C11H9N5S/c12-9-1-2-10(17-11-14-6-15-16-11)7-3-4-13-5-8(7)9/h1-6H,12H2,(H,14,15,16). The monoisotopic (exact) mass is 243 g/mol. The number of aromatic amines is 1. The first-order valence-corrected chi connectivity index (χ1v) is 5.81. The summed E-state index contributed by atoms with van der Waals surface area (Å²) in [6, 6.07) is 5.80. The third-order valence-electron chi connectivity index (χ3n) is 2.41. The Balaban J connectivity index is 2.14. The fourth-order valence-corrected chi connectivity index (χ4v) is 2.45. The Morgan fingerprint density at radius 2 is 2.12 bits per heavy atom. The lowest BCUT2D eigenvalue weighted by Gasteiger charge is -2.06. The number of benzene rings is 1. The number of anilines is 1. The molecule has 1 aromatic carbocycles. The zero-order valence-electron chi connectivity index (χ0n) is 8.79. The lowest BCUT2D eigenvalue weighted by molar-refractivity contribution is 0.974. The molecule has 0 amide bonds. The van der Waals surface area contributed by atoms with Gasteiger partial charge in [-0.15, -0.1) is 0 Å². The minimum absolute atomic E-state index is 0.731. The van der Waals surface area contributed by atoms with Gasteiger partial charge in [0, 0.05) is 33.7 Å². The Kier molecular flexibility index (Phi) is 2.41. The zero-order chi connectivity index (χ0) is 11.7. The first-order valence-electron chi connectivity index (χ1n) is 5.00. The molecule has 0 aliphatic heterocycles. The number of nitrogens with one attached hydrogen (secondary N) is 1. The van der Waals surface area contributed by atoms with Crippen LogP contribution < -0.4 is 5.73 Å². The zero-order valence-corrected chi connectivity index (χ0v) is 9.61. The van der Waals surface area contributed by atoms with Gasteiger partial charge in [0.05, 0.1) is 0 Å². The summed E-state index contributed by atoms with van der Waals surface area (Å²) in [5.74, 6) is 0. The van der Waals surface area contributed by atoms with Crippen LogP contribution in [0.4, 0.5) is 5.69 Å². The van der Waals surface area contributed by atoms with E-state index >= 15 is 0 Å². The molecule has 3 aromatic rings. The molecule has 0 fully saturated rings. The van der Waals surface area contributed by atoms with Crippen molar-refractivity contribution in [1.29, 1.82) is 0 Å². The van der Waals surface area contributed by atoms with Crippen molar-refractivity contribution in [1.82, 2.24) is 20.2 Å². The largest absolute Gasteiger partial charge is 0.398 e. The minimum atomic E-state index is 0.731. The van der Waals surface area contributed by atoms with Gasteiger partial charge < -0.3 is 5.73 Å². The van der Waals surface area contributed by atoms with Crippen LogP contribution in [-0.2, 0) is 0 Å². The average molecular weight is 243 g/mol. The van der Waals surface area contributed by atoms with Crippen LogP contribution in [0.25, 0.3) is 10.8 Å². The molecule has 5 nitrogen and oxygen atoms in total. The summed E-state index contributed by atoms with van der Waals surface area (Å²) < 4.78 is 0. The fraction of sp³-hybridized carbons (Fsp3) is 0. The predicted molar refractivity (Wildman–Crippen MR) is 66.7 cm³/mol. The van der Waals surface area contributed by atoms with E-state index in [0.29, 0.717) is 0 Å². The normalized spacial score (nSPS) is 10.8. The second-order valence-electron chi connectivity index (χ2n) is 3.47. The molecule has 0 spiro atoms. The number of aromatic nitrogens is 4. The van der Waals surface area contributed by atoms with Crippen molar-refractivity contribution in [3.63, 3.8) is 0 Å². The third-order valence-corrected chi connectivity index (χ3v) is 3.38. The van der Waals surface area contributed by atoms with Gasteiger partial charge in [0.25, 0.3) is 0 Å². The summed E-state index contributed by atoms with van der Waals surface area (Å²) in [6.45, 7) is 0. The highest BCUT2D eigenvalue weighted by Gasteiger charge is 2.06. The highest BCUT2D eigenvalue weighted by molar-refractivity contribution is 7.99. The van der Waals surface area contributed by atoms with Crippen LogP contribution in [0.2, 0.25) is 0 Å². The van der Waals surface area contributed by atoms with E-state index in [9.17, 15) is 0 Å². The molecule has 0 saturated carbocycles. The summed E-state index contributed by atoms with van der Waals surface area (Å²) in [5, 5.41) is 9.43. The topological polar surface area (TPSA) is 80.5 Å². The minimum Gasteiger partial charge on any atom is -0.398 e. The van der Waals surface area contributed by atoms with E-state index in [-0.39, 0.29) is 0 Å². The second kappa shape index (κ2) is 4.06. The van der Waals surface area contributed by atoms with Crippen LogP contribution in [0.15, 0.2) is 47.0 Å². The van der Waals surface area contributed by atoms with Gasteiger partial charge in [0.2, 0.25) is 0 Å². The predicted octanol–water partition coefficient (Wildman–Crippen LogP) is 2.09. The Morgan fingerprint density at radius 3 is 2.94 bits per heavy atom. The number of nitrogen functional groups attached to an aromatic ring is 1. The molecule has 84 valence electrons. The van der Waals surface area contributed by atoms with E-state index in [1.165, 1.54) is 18.1 Å². The van der Waals surface area contributed by atoms with Crippen LogP contribution in [0, 0.1) is 0 Å². The van der Waals surface area contributed by atoms with Gasteiger partial charge in [-0.3, -0.25) is 10.1 Å². The van der Waals surface area contributed by atoms with Crippen molar-refractivity contribution in [2.75, 3.05) is 5.73 Å². The van der Waals surface area contributed by atoms with Crippen molar-refractivity contribution in [2.45, 2.75) is 10.1 Å². The summed E-state index contributed by atoms with van der Waals surface area (Å²) in [7, 11) is 0. The Bertz CT molecular complexity index is 650. The van der Waals surface area contributed by atoms with Gasteiger partial charge in [-0.2, -0.15) is 5.10 Å². The fourth-order valence-electron chi connectivity index (χ4n) is 1.62. The SMILES string of the molecule is Nc1ccc(Sc2ncn[nH]2)c2ccncc12. The molecule has 0 saturated heterocycles. The second-order valence-corrected chi connectivity index (χ2v) is 4.50. The van der Waals surface area contributed by atoms with E-state index in [1.54, 1.807) is 12.4 Å². The number of hydrogen-bond acceptors (Lipinski definition) is 5. The van der Waals surface area contributed by atoms with Crippen molar-refractivity contribution >= 4 is 28.2 Å². The molecule has 0 bridgehead atoms. The first kappa shape index (κ1) is 10.1. The van der Waals surface area contributed by atoms with Gasteiger partial charge in [-0.1, -0.05) is 0 Å². The summed E-state index contributed by atoms with van der Waals surface area (Å²) in [5.41, 5.74) is 6.64. The number of pyridine rings is 1. The Labute approximate surface area is 101 Å². The molecule has 3 N–H and O–H groups in total. The Hall–Kier alpha value is -2.08. The van der Waals surface area contributed by atoms with Gasteiger partial charge in [-0.05, 0) is 30.0 Å². The van der Waals surface area contributed by atoms with Crippen molar-refractivity contribution < 1.29 is 0 Å². The summed E-state index contributed by atoms with van der Waals surface area (Å²) in [6.07, 6.45) is 5.02. The van der Waals surface area contributed by atoms with Crippen LogP contribution in [-0.4, -0.2) is 20.2 Å². The van der Waals surface area contributed by atoms with Crippen LogP contribution in [0.5, 0.6) is 0 Å². The maximum atomic E-state index is 5.91. The highest BCUT2D eigenvalue weighted by atomic mass is 32.2. The molecule has 0 radical (unpaired) electrons. The first-order chi connectivity index (χ1) is 8.34. The van der Waals surface area contributed by atoms with E-state index in [0.717, 1.165) is 26.5 Å². The van der Waals surface area contributed by atoms with Crippen molar-refractivity contribution in [3.8, 4) is 0 Å². The van der Waals surface area contributed by atoms with E-state index in [4.69, 9.17) is 5.73 Å². The molecule has 6 heteroatoms. The molecule has 0 aliphatic carbocycles. The molecule has 2 aromatic heterocycles. The molecular formula is C11H9N5S. The lowest BCUT2D eigenvalue weighted by Crippen LogP contribution is -1.89. The average Bonchev–Trinajstić information content (AvgIpc) is 2.86. The molecule has 2 heterocycles. The van der Waals surface area contributed by atoms with Gasteiger partial charge in [0.1, 0.15) is 6.33 Å². The van der Waals surface area contributed by atoms with Crippen LogP contribution in [0.3, 0.4) is 0 Å². The molecule has 0 unspecified atom stereocenters. The maximum Gasteiger partial charge on any atom is 0.188 e. The number of H-pyrrole nitrogens is 1. The van der Waals surface area contributed by atoms with Gasteiger partial charge in [0.15, 0.2) is 5.16 Å². The van der Waals surface area contributed by atoms with E-state index < -0.39 is 0 Å². The molecular weight excluding hydrogens is 234 g/mol. The molecule has 0 atom stereocenters. The smallest absolute Gasteiger partial charge is 0.188 e. The van der Waals surface area contributed by atoms with Gasteiger partial charge >= 0.3 is 0 Å². The number of nitrogens with two attached hydrogens (primary N) is 1. The number of nitrogens with zero attached hydrogens (tertiary/aromatic N) is 3.